The van der Waals surface area contributed by atoms with Crippen LogP contribution in [0.15, 0.2) is 51.0 Å². The van der Waals surface area contributed by atoms with Gasteiger partial charge in [-0.3, -0.25) is 14.3 Å². The molecule has 3 atom stereocenters. The fourth-order valence-electron chi connectivity index (χ4n) is 4.10. The molecule has 3 rings (SSSR count). The van der Waals surface area contributed by atoms with Crippen LogP contribution in [-0.2, 0) is 23.4 Å². The van der Waals surface area contributed by atoms with Gasteiger partial charge < -0.3 is 13.6 Å². The number of H-pyrrole nitrogens is 1. The number of sulfone groups is 1. The molecule has 2 aromatic rings. The first-order valence-corrected chi connectivity index (χ1v) is 21.0. The number of hydrogen-bond acceptors (Lipinski definition) is 7. The smallest absolute Gasteiger partial charge is 0.330 e. The van der Waals surface area contributed by atoms with Gasteiger partial charge in [-0.15, -0.1) is 0 Å². The van der Waals surface area contributed by atoms with Crippen molar-refractivity contribution in [2.75, 3.05) is 6.61 Å². The van der Waals surface area contributed by atoms with Gasteiger partial charge in [0.2, 0.25) is 14.8 Å². The van der Waals surface area contributed by atoms with E-state index in [4.69, 9.17) is 13.6 Å². The van der Waals surface area contributed by atoms with Crippen molar-refractivity contribution in [1.82, 2.24) is 9.55 Å². The predicted octanol–water partition coefficient (Wildman–Crippen LogP) is 5.35. The normalized spacial score (nSPS) is 23.0. The van der Waals surface area contributed by atoms with Gasteiger partial charge in [0.1, 0.15) is 6.23 Å². The van der Waals surface area contributed by atoms with Crippen LogP contribution in [-0.4, -0.2) is 52.2 Å². The monoisotopic (exact) mass is 610 g/mol. The van der Waals surface area contributed by atoms with Crippen molar-refractivity contribution in [3.8, 4) is 0 Å². The second-order valence-corrected chi connectivity index (χ2v) is 25.6. The van der Waals surface area contributed by atoms with Crippen molar-refractivity contribution in [2.45, 2.75) is 113 Å². The molecule has 1 saturated heterocycles. The Morgan fingerprint density at radius 2 is 1.55 bits per heavy atom. The fourth-order valence-corrected chi connectivity index (χ4v) is 8.50. The maximum atomic E-state index is 14.7. The third kappa shape index (κ3) is 6.02. The molecule has 0 bridgehead atoms. The Labute approximate surface area is 240 Å². The minimum atomic E-state index is -4.22. The average Bonchev–Trinajstić information content (AvgIpc) is 3.18. The maximum absolute atomic E-state index is 14.7. The topological polar surface area (TPSA) is 117 Å². The van der Waals surface area contributed by atoms with Crippen molar-refractivity contribution in [2.24, 2.45) is 0 Å². The molecule has 0 amide bonds. The highest BCUT2D eigenvalue weighted by atomic mass is 32.2. The lowest BCUT2D eigenvalue weighted by molar-refractivity contribution is -0.0702. The third-order valence-electron chi connectivity index (χ3n) is 8.89. The molecule has 0 saturated carbocycles. The summed E-state index contributed by atoms with van der Waals surface area (Å²) in [5, 5.41) is -0.412. The molecule has 2 heterocycles. The Bertz CT molecular complexity index is 1440. The molecule has 0 radical (unpaired) electrons. The number of aryl methyl sites for hydroxylation is 1. The first-order valence-electron chi connectivity index (χ1n) is 13.7. The number of ether oxygens (including phenoxy) is 1. The lowest BCUT2D eigenvalue weighted by Crippen LogP contribution is -2.58. The first-order chi connectivity index (χ1) is 18.1. The van der Waals surface area contributed by atoms with Crippen molar-refractivity contribution in [1.29, 1.82) is 0 Å². The molecule has 0 unspecified atom stereocenters. The van der Waals surface area contributed by atoms with E-state index in [1.54, 1.807) is 37.3 Å². The summed E-state index contributed by atoms with van der Waals surface area (Å²) in [5.74, 6) is 0. The van der Waals surface area contributed by atoms with Crippen LogP contribution in [0.25, 0.3) is 0 Å². The van der Waals surface area contributed by atoms with E-state index in [0.29, 0.717) is 5.56 Å². The first kappa shape index (κ1) is 32.7. The molecule has 12 heteroatoms. The zero-order valence-corrected chi connectivity index (χ0v) is 28.6. The van der Waals surface area contributed by atoms with E-state index in [2.05, 4.69) is 72.7 Å². The second-order valence-electron chi connectivity index (χ2n) is 13.8. The number of aromatic amines is 1. The molecule has 0 spiro atoms. The van der Waals surface area contributed by atoms with Gasteiger partial charge in [0.15, 0.2) is 16.6 Å². The van der Waals surface area contributed by atoms with Crippen LogP contribution in [0.4, 0.5) is 0 Å². The largest absolute Gasteiger partial charge is 0.413 e. The lowest BCUT2D eigenvalue weighted by atomic mass is 10.2. The molecular formula is C28H46N2O7SSi2. The zero-order chi connectivity index (χ0) is 30.5. The van der Waals surface area contributed by atoms with Gasteiger partial charge >= 0.3 is 5.69 Å². The molecule has 1 aliphatic heterocycles. The Kier molecular flexibility index (Phi) is 8.80. The number of aromatic nitrogens is 2. The Morgan fingerprint density at radius 3 is 2.08 bits per heavy atom. The van der Waals surface area contributed by atoms with E-state index in [9.17, 15) is 18.0 Å². The van der Waals surface area contributed by atoms with Crippen LogP contribution in [0.3, 0.4) is 0 Å². The van der Waals surface area contributed by atoms with Crippen molar-refractivity contribution < 1.29 is 22.0 Å². The van der Waals surface area contributed by atoms with Gasteiger partial charge in [-0.1, -0.05) is 59.7 Å². The van der Waals surface area contributed by atoms with Crippen LogP contribution in [0.2, 0.25) is 36.3 Å². The molecule has 1 aromatic heterocycles. The summed E-state index contributed by atoms with van der Waals surface area (Å²) < 4.78 is 50.6. The van der Waals surface area contributed by atoms with Crippen LogP contribution in [0, 0.1) is 6.92 Å². The van der Waals surface area contributed by atoms with E-state index in [1.807, 2.05) is 0 Å². The van der Waals surface area contributed by atoms with Crippen LogP contribution in [0.1, 0.15) is 59.8 Å². The lowest BCUT2D eigenvalue weighted by Gasteiger charge is -2.44. The van der Waals surface area contributed by atoms with Crippen molar-refractivity contribution in [3.63, 3.8) is 0 Å². The summed E-state index contributed by atoms with van der Waals surface area (Å²) in [6.45, 7) is 22.1. The number of benzene rings is 1. The summed E-state index contributed by atoms with van der Waals surface area (Å²) in [7, 11) is -9.23. The third-order valence-corrected chi connectivity index (χ3v) is 20.1. The minimum absolute atomic E-state index is 0.0864. The Balaban J connectivity index is 2.28. The molecule has 1 N–H and O–H groups in total. The van der Waals surface area contributed by atoms with Crippen LogP contribution >= 0.6 is 0 Å². The van der Waals surface area contributed by atoms with Crippen LogP contribution < -0.4 is 11.2 Å². The quantitative estimate of drug-likeness (QED) is 0.401. The summed E-state index contributed by atoms with van der Waals surface area (Å²) in [5.41, 5.74) is -0.867. The second kappa shape index (κ2) is 10.8. The summed E-state index contributed by atoms with van der Waals surface area (Å²) in [4.78, 5) is 25.5. The standard InChI is InChI=1S/C28H46N2O7SSi2/c1-20-18-30(25(32)29-24(20)31)23-17-22(37-40(10,11)27(5,6)7)28(36-23,19-35-39(8,9)26(2,3)4)38(33,34)21-15-13-12-14-16-21/h12-16,18,22-23H,17,19H2,1-11H3,(H,29,31,32)/t22-,23+,28-/m0/s1. The summed E-state index contributed by atoms with van der Waals surface area (Å²) >= 11 is 0. The number of nitrogens with zero attached hydrogens (tertiary/aromatic N) is 1. The Morgan fingerprint density at radius 1 is 1.00 bits per heavy atom. The van der Waals surface area contributed by atoms with E-state index in [-0.39, 0.29) is 28.0 Å². The number of rotatable bonds is 8. The van der Waals surface area contributed by atoms with Gasteiger partial charge in [0, 0.05) is 18.2 Å². The molecule has 1 aliphatic rings. The molecule has 40 heavy (non-hydrogen) atoms. The van der Waals surface area contributed by atoms with E-state index >= 15 is 0 Å². The van der Waals surface area contributed by atoms with Crippen molar-refractivity contribution >= 4 is 26.5 Å². The van der Waals surface area contributed by atoms with Gasteiger partial charge in [0.05, 0.1) is 17.6 Å². The molecular weight excluding hydrogens is 565 g/mol. The predicted molar refractivity (Wildman–Crippen MR) is 162 cm³/mol. The minimum Gasteiger partial charge on any atom is -0.413 e. The molecule has 1 fully saturated rings. The van der Waals surface area contributed by atoms with Gasteiger partial charge in [-0.25, -0.2) is 13.2 Å². The average molecular weight is 611 g/mol. The fraction of sp³-hybridized carbons (Fsp3) is 0.643. The van der Waals surface area contributed by atoms with Crippen LogP contribution in [0.5, 0.6) is 0 Å². The summed E-state index contributed by atoms with van der Waals surface area (Å²) in [6.07, 6.45) is -0.438. The maximum Gasteiger partial charge on any atom is 0.330 e. The zero-order valence-electron chi connectivity index (χ0n) is 25.7. The van der Waals surface area contributed by atoms with Gasteiger partial charge in [-0.2, -0.15) is 0 Å². The molecule has 9 nitrogen and oxygen atoms in total. The Hall–Kier alpha value is -1.84. The van der Waals surface area contributed by atoms with Gasteiger partial charge in [-0.05, 0) is 55.3 Å². The van der Waals surface area contributed by atoms with E-state index in [0.717, 1.165) is 0 Å². The van der Waals surface area contributed by atoms with Gasteiger partial charge in [0.25, 0.3) is 5.56 Å². The van der Waals surface area contributed by atoms with E-state index < -0.39 is 55.0 Å². The number of hydrogen-bond donors (Lipinski definition) is 1. The highest BCUT2D eigenvalue weighted by Gasteiger charge is 2.62. The SMILES string of the molecule is Cc1cn([C@H]2C[C@H](O[Si](C)(C)C(C)(C)C)[C@](CO[Si](C)(C)C(C)(C)C)(S(=O)(=O)c3ccccc3)O2)c(=O)[nH]c1=O. The highest BCUT2D eigenvalue weighted by molar-refractivity contribution is 7.92. The highest BCUT2D eigenvalue weighted by Crippen LogP contribution is 2.49. The molecule has 1 aromatic carbocycles. The van der Waals surface area contributed by atoms with Crippen molar-refractivity contribution in [3.05, 3.63) is 62.9 Å². The number of nitrogens with one attached hydrogen (secondary N) is 1. The molecule has 224 valence electrons. The van der Waals surface area contributed by atoms with E-state index in [1.165, 1.54) is 10.8 Å². The summed E-state index contributed by atoms with van der Waals surface area (Å²) in [6, 6.07) is 8.17. The molecule has 0 aliphatic carbocycles.